The molecule has 2 atom stereocenters. The van der Waals surface area contributed by atoms with Crippen LogP contribution >= 0.6 is 23.2 Å². The lowest BCUT2D eigenvalue weighted by Crippen LogP contribution is -2.35. The first-order valence-corrected chi connectivity index (χ1v) is 9.29. The zero-order chi connectivity index (χ0) is 18.0. The van der Waals surface area contributed by atoms with Crippen LogP contribution in [0.25, 0.3) is 0 Å². The molecular weight excluding hydrogens is 363 g/mol. The van der Waals surface area contributed by atoms with E-state index in [0.717, 1.165) is 31.2 Å². The highest BCUT2D eigenvalue weighted by molar-refractivity contribution is 6.35. The van der Waals surface area contributed by atoms with Crippen molar-refractivity contribution in [1.82, 2.24) is 10.2 Å². The number of amides is 3. The molecule has 0 bridgehead atoms. The van der Waals surface area contributed by atoms with Crippen molar-refractivity contribution in [2.24, 2.45) is 11.8 Å². The number of nitrogens with one attached hydrogen (secondary N) is 1. The van der Waals surface area contributed by atoms with Crippen LogP contribution in [0.2, 0.25) is 10.0 Å². The van der Waals surface area contributed by atoms with Crippen molar-refractivity contribution in [3.63, 3.8) is 0 Å². The van der Waals surface area contributed by atoms with Crippen LogP contribution in [0.15, 0.2) is 18.2 Å². The topological polar surface area (TPSA) is 66.5 Å². The summed E-state index contributed by atoms with van der Waals surface area (Å²) in [5.41, 5.74) is 0.763. The third kappa shape index (κ3) is 3.98. The van der Waals surface area contributed by atoms with E-state index in [0.29, 0.717) is 10.0 Å². The van der Waals surface area contributed by atoms with Gasteiger partial charge in [0, 0.05) is 29.6 Å². The maximum atomic E-state index is 12.4. The highest BCUT2D eigenvalue weighted by Crippen LogP contribution is 2.37. The number of benzene rings is 1. The van der Waals surface area contributed by atoms with Gasteiger partial charge in [-0.15, -0.1) is 0 Å². The fourth-order valence-corrected chi connectivity index (χ4v) is 4.09. The molecule has 1 aliphatic carbocycles. The van der Waals surface area contributed by atoms with Gasteiger partial charge in [0.2, 0.25) is 17.7 Å². The van der Waals surface area contributed by atoms with E-state index in [-0.39, 0.29) is 49.1 Å². The lowest BCUT2D eigenvalue weighted by Gasteiger charge is -2.19. The highest BCUT2D eigenvalue weighted by atomic mass is 35.5. The van der Waals surface area contributed by atoms with Gasteiger partial charge in [-0.2, -0.15) is 0 Å². The SMILES string of the molecule is O=C(CCN1C(=O)[C@@H]2CCCC[C@H]2C1=O)NCc1ccc(Cl)cc1Cl. The maximum absolute atomic E-state index is 12.4. The Morgan fingerprint density at radius 1 is 1.12 bits per heavy atom. The molecule has 0 unspecified atom stereocenters. The minimum atomic E-state index is -0.221. The average Bonchev–Trinajstić information content (AvgIpc) is 2.84. The zero-order valence-electron chi connectivity index (χ0n) is 13.8. The van der Waals surface area contributed by atoms with Crippen LogP contribution in [-0.4, -0.2) is 29.2 Å². The number of hydrogen-bond donors (Lipinski definition) is 1. The molecule has 1 aromatic carbocycles. The number of halogens is 2. The van der Waals surface area contributed by atoms with E-state index in [1.807, 2.05) is 0 Å². The van der Waals surface area contributed by atoms with Crippen molar-refractivity contribution in [2.75, 3.05) is 6.54 Å². The molecule has 7 heteroatoms. The van der Waals surface area contributed by atoms with Crippen molar-refractivity contribution in [1.29, 1.82) is 0 Å². The van der Waals surface area contributed by atoms with Crippen LogP contribution in [0.3, 0.4) is 0 Å². The molecule has 134 valence electrons. The lowest BCUT2D eigenvalue weighted by molar-refractivity contribution is -0.140. The number of nitrogens with zero attached hydrogens (tertiary/aromatic N) is 1. The smallest absolute Gasteiger partial charge is 0.233 e. The van der Waals surface area contributed by atoms with Gasteiger partial charge in [0.05, 0.1) is 11.8 Å². The summed E-state index contributed by atoms with van der Waals surface area (Å²) < 4.78 is 0. The summed E-state index contributed by atoms with van der Waals surface area (Å²) in [6.07, 6.45) is 3.66. The molecule has 3 rings (SSSR count). The standard InChI is InChI=1S/C18H20Cl2N2O3/c19-12-6-5-11(15(20)9-12)10-21-16(23)7-8-22-17(24)13-3-1-2-4-14(13)18(22)25/h5-6,9,13-14H,1-4,7-8,10H2,(H,21,23)/t13-,14-/m1/s1. The Bertz CT molecular complexity index is 684. The predicted molar refractivity (Wildman–Crippen MR) is 95.1 cm³/mol. The van der Waals surface area contributed by atoms with E-state index in [1.54, 1.807) is 18.2 Å². The fourth-order valence-electron chi connectivity index (χ4n) is 3.61. The lowest BCUT2D eigenvalue weighted by atomic mass is 9.81. The van der Waals surface area contributed by atoms with E-state index in [9.17, 15) is 14.4 Å². The van der Waals surface area contributed by atoms with Gasteiger partial charge >= 0.3 is 0 Å². The first-order valence-electron chi connectivity index (χ1n) is 8.53. The molecule has 25 heavy (non-hydrogen) atoms. The Kier molecular flexibility index (Phi) is 5.64. The average molecular weight is 383 g/mol. The summed E-state index contributed by atoms with van der Waals surface area (Å²) in [5.74, 6) is -0.776. The molecule has 1 saturated carbocycles. The molecule has 0 spiro atoms. The number of hydrogen-bond acceptors (Lipinski definition) is 3. The van der Waals surface area contributed by atoms with Gasteiger partial charge in [-0.25, -0.2) is 0 Å². The Hall–Kier alpha value is -1.59. The normalized spacial score (nSPS) is 22.9. The largest absolute Gasteiger partial charge is 0.352 e. The molecule has 3 amide bonds. The van der Waals surface area contributed by atoms with Crippen LogP contribution in [0, 0.1) is 11.8 Å². The van der Waals surface area contributed by atoms with Gasteiger partial charge in [-0.3, -0.25) is 19.3 Å². The number of carbonyl (C=O) groups is 3. The molecule has 0 aromatic heterocycles. The number of fused-ring (bicyclic) bond motifs is 1. The third-order valence-corrected chi connectivity index (χ3v) is 5.57. The van der Waals surface area contributed by atoms with E-state index < -0.39 is 0 Å². The number of likely N-dealkylation sites (tertiary alicyclic amines) is 1. The van der Waals surface area contributed by atoms with Gasteiger partial charge in [0.25, 0.3) is 0 Å². The summed E-state index contributed by atoms with van der Waals surface area (Å²) in [5, 5.41) is 3.78. The maximum Gasteiger partial charge on any atom is 0.233 e. The second-order valence-electron chi connectivity index (χ2n) is 6.59. The van der Waals surface area contributed by atoms with Crippen molar-refractivity contribution in [3.05, 3.63) is 33.8 Å². The van der Waals surface area contributed by atoms with E-state index >= 15 is 0 Å². The fraction of sp³-hybridized carbons (Fsp3) is 0.500. The van der Waals surface area contributed by atoms with Crippen molar-refractivity contribution >= 4 is 40.9 Å². The summed E-state index contributed by atoms with van der Waals surface area (Å²) in [6.45, 7) is 0.423. The van der Waals surface area contributed by atoms with Gasteiger partial charge in [0.15, 0.2) is 0 Å². The van der Waals surface area contributed by atoms with E-state index in [1.165, 1.54) is 4.90 Å². The second kappa shape index (κ2) is 7.75. The van der Waals surface area contributed by atoms with E-state index in [4.69, 9.17) is 23.2 Å². The van der Waals surface area contributed by atoms with Crippen LogP contribution in [0.4, 0.5) is 0 Å². The number of carbonyl (C=O) groups excluding carboxylic acids is 3. The van der Waals surface area contributed by atoms with Crippen molar-refractivity contribution < 1.29 is 14.4 Å². The Morgan fingerprint density at radius 2 is 1.76 bits per heavy atom. The van der Waals surface area contributed by atoms with Crippen LogP contribution < -0.4 is 5.32 Å². The van der Waals surface area contributed by atoms with Crippen LogP contribution in [0.1, 0.15) is 37.7 Å². The zero-order valence-corrected chi connectivity index (χ0v) is 15.3. The summed E-state index contributed by atoms with van der Waals surface area (Å²) in [6, 6.07) is 5.08. The van der Waals surface area contributed by atoms with Gasteiger partial charge < -0.3 is 5.32 Å². The first kappa shape index (κ1) is 18.2. The van der Waals surface area contributed by atoms with Crippen LogP contribution in [0.5, 0.6) is 0 Å². The summed E-state index contributed by atoms with van der Waals surface area (Å²) in [7, 11) is 0. The third-order valence-electron chi connectivity index (χ3n) is 4.99. The van der Waals surface area contributed by atoms with E-state index in [2.05, 4.69) is 5.32 Å². The van der Waals surface area contributed by atoms with Gasteiger partial charge in [-0.1, -0.05) is 42.1 Å². The highest BCUT2D eigenvalue weighted by Gasteiger charge is 2.47. The molecule has 5 nitrogen and oxygen atoms in total. The van der Waals surface area contributed by atoms with Gasteiger partial charge in [-0.05, 0) is 30.5 Å². The molecule has 1 saturated heterocycles. The predicted octanol–water partition coefficient (Wildman–Crippen LogP) is 3.17. The number of rotatable bonds is 5. The van der Waals surface area contributed by atoms with Crippen molar-refractivity contribution in [2.45, 2.75) is 38.6 Å². The quantitative estimate of drug-likeness (QED) is 0.795. The second-order valence-corrected chi connectivity index (χ2v) is 7.43. The molecule has 2 aliphatic rings. The Labute approximate surface area is 156 Å². The summed E-state index contributed by atoms with van der Waals surface area (Å²) >= 11 is 11.9. The molecule has 2 fully saturated rings. The Morgan fingerprint density at radius 3 is 2.36 bits per heavy atom. The van der Waals surface area contributed by atoms with Crippen LogP contribution in [-0.2, 0) is 20.9 Å². The van der Waals surface area contributed by atoms with Crippen molar-refractivity contribution in [3.8, 4) is 0 Å². The monoisotopic (exact) mass is 382 g/mol. The molecular formula is C18H20Cl2N2O3. The molecule has 1 aromatic rings. The first-order chi connectivity index (χ1) is 12.0. The summed E-state index contributed by atoms with van der Waals surface area (Å²) in [4.78, 5) is 38.0. The molecule has 1 N–H and O–H groups in total. The minimum absolute atomic E-state index is 0.0993. The number of imide groups is 1. The Balaban J connectivity index is 1.50. The van der Waals surface area contributed by atoms with Gasteiger partial charge in [0.1, 0.15) is 0 Å². The molecule has 1 heterocycles. The molecule has 0 radical (unpaired) electrons. The minimum Gasteiger partial charge on any atom is -0.352 e. The molecule has 1 aliphatic heterocycles.